The van der Waals surface area contributed by atoms with Crippen molar-refractivity contribution < 1.29 is 14.3 Å². The second-order valence-corrected chi connectivity index (χ2v) is 4.18. The lowest BCUT2D eigenvalue weighted by atomic mass is 10.1. The van der Waals surface area contributed by atoms with Crippen LogP contribution in [0.1, 0.15) is 10.4 Å². The van der Waals surface area contributed by atoms with E-state index in [1.807, 2.05) is 47.4 Å². The quantitative estimate of drug-likeness (QED) is 0.773. The number of hydrogen-bond donors (Lipinski definition) is 0. The van der Waals surface area contributed by atoms with E-state index < -0.39 is 0 Å². The molecule has 1 heterocycles. The predicted molar refractivity (Wildman–Crippen MR) is 71.9 cm³/mol. The van der Waals surface area contributed by atoms with Gasteiger partial charge >= 0.3 is 5.97 Å². The third kappa shape index (κ3) is 1.91. The first kappa shape index (κ1) is 11.6. The van der Waals surface area contributed by atoms with Gasteiger partial charge in [-0.3, -0.25) is 0 Å². The van der Waals surface area contributed by atoms with Gasteiger partial charge in [0.15, 0.2) is 6.73 Å². The molecule has 0 aromatic heterocycles. The first-order valence-corrected chi connectivity index (χ1v) is 5.98. The van der Waals surface area contributed by atoms with E-state index in [0.717, 1.165) is 17.1 Å². The predicted octanol–water partition coefficient (Wildman–Crippen LogP) is 2.96. The molecule has 0 N–H and O–H groups in total. The largest absolute Gasteiger partial charge is 0.471 e. The summed E-state index contributed by atoms with van der Waals surface area (Å²) < 4.78 is 10.4. The summed E-state index contributed by atoms with van der Waals surface area (Å²) in [7, 11) is 1.38. The molecular formula is C15H13NO3. The van der Waals surface area contributed by atoms with Crippen LogP contribution in [0, 0.1) is 0 Å². The third-order valence-corrected chi connectivity index (χ3v) is 3.11. The lowest BCUT2D eigenvalue weighted by Gasteiger charge is -2.19. The number of benzene rings is 2. The Balaban J connectivity index is 2.07. The molecule has 0 amide bonds. The van der Waals surface area contributed by atoms with E-state index in [0.29, 0.717) is 12.3 Å². The topological polar surface area (TPSA) is 38.8 Å². The number of carbonyl (C=O) groups is 1. The molecule has 19 heavy (non-hydrogen) atoms. The maximum absolute atomic E-state index is 11.8. The number of ether oxygens (including phenoxy) is 2. The highest BCUT2D eigenvalue weighted by Crippen LogP contribution is 2.39. The molecule has 2 aromatic rings. The molecule has 0 spiro atoms. The number of esters is 1. The molecule has 1 aliphatic rings. The van der Waals surface area contributed by atoms with Gasteiger partial charge in [-0.2, -0.15) is 0 Å². The molecule has 0 unspecified atom stereocenters. The number of anilines is 2. The molecule has 0 radical (unpaired) electrons. The van der Waals surface area contributed by atoms with E-state index in [4.69, 9.17) is 9.47 Å². The Morgan fingerprint density at radius 3 is 2.58 bits per heavy atom. The van der Waals surface area contributed by atoms with Crippen molar-refractivity contribution in [3.63, 3.8) is 0 Å². The fraction of sp³-hybridized carbons (Fsp3) is 0.133. The molecule has 0 aliphatic carbocycles. The Kier molecular flexibility index (Phi) is 2.83. The number of carbonyl (C=O) groups excluding carboxylic acids is 1. The van der Waals surface area contributed by atoms with Crippen molar-refractivity contribution in [1.29, 1.82) is 0 Å². The Labute approximate surface area is 111 Å². The summed E-state index contributed by atoms with van der Waals surface area (Å²) >= 11 is 0. The van der Waals surface area contributed by atoms with E-state index in [1.165, 1.54) is 7.11 Å². The highest BCUT2D eigenvalue weighted by molar-refractivity contribution is 5.97. The monoisotopic (exact) mass is 255 g/mol. The Morgan fingerprint density at radius 1 is 1.11 bits per heavy atom. The molecule has 0 saturated heterocycles. The molecule has 0 saturated carbocycles. The van der Waals surface area contributed by atoms with Crippen LogP contribution in [0.25, 0.3) is 0 Å². The lowest BCUT2D eigenvalue weighted by molar-refractivity contribution is 0.0601. The molecule has 0 atom stereocenters. The van der Waals surface area contributed by atoms with Gasteiger partial charge in [0.05, 0.1) is 24.0 Å². The normalized spacial score (nSPS) is 12.8. The van der Waals surface area contributed by atoms with E-state index in [-0.39, 0.29) is 5.97 Å². The molecule has 96 valence electrons. The first-order valence-electron chi connectivity index (χ1n) is 5.98. The van der Waals surface area contributed by atoms with E-state index in [2.05, 4.69) is 0 Å². The number of hydrogen-bond acceptors (Lipinski definition) is 4. The van der Waals surface area contributed by atoms with Crippen LogP contribution in [-0.4, -0.2) is 19.8 Å². The molecule has 2 aromatic carbocycles. The summed E-state index contributed by atoms with van der Waals surface area (Å²) in [5.41, 5.74) is 2.28. The van der Waals surface area contributed by atoms with Gasteiger partial charge in [-0.15, -0.1) is 0 Å². The summed E-state index contributed by atoms with van der Waals surface area (Å²) in [6, 6.07) is 15.1. The zero-order valence-electron chi connectivity index (χ0n) is 10.5. The highest BCUT2D eigenvalue weighted by Gasteiger charge is 2.25. The average molecular weight is 255 g/mol. The van der Waals surface area contributed by atoms with Crippen LogP contribution in [0.15, 0.2) is 48.5 Å². The summed E-state index contributed by atoms with van der Waals surface area (Å²) in [4.78, 5) is 13.8. The maximum atomic E-state index is 11.8. The van der Waals surface area contributed by atoms with Gasteiger partial charge in [0, 0.05) is 0 Å². The van der Waals surface area contributed by atoms with Crippen LogP contribution in [0.4, 0.5) is 11.4 Å². The van der Waals surface area contributed by atoms with E-state index in [9.17, 15) is 4.79 Å². The van der Waals surface area contributed by atoms with Gasteiger partial charge in [0.2, 0.25) is 0 Å². The van der Waals surface area contributed by atoms with Crippen molar-refractivity contribution in [2.24, 2.45) is 0 Å². The Hall–Kier alpha value is -2.49. The molecule has 4 heteroatoms. The van der Waals surface area contributed by atoms with Crippen molar-refractivity contribution in [3.8, 4) is 5.75 Å². The van der Waals surface area contributed by atoms with Crippen LogP contribution in [-0.2, 0) is 4.74 Å². The minimum Gasteiger partial charge on any atom is -0.471 e. The number of methoxy groups -OCH3 is 1. The van der Waals surface area contributed by atoms with Crippen molar-refractivity contribution in [2.75, 3.05) is 18.7 Å². The van der Waals surface area contributed by atoms with Crippen molar-refractivity contribution >= 4 is 17.3 Å². The summed E-state index contributed by atoms with van der Waals surface area (Å²) in [5, 5.41) is 0. The van der Waals surface area contributed by atoms with Crippen LogP contribution in [0.5, 0.6) is 5.75 Å². The maximum Gasteiger partial charge on any atom is 0.339 e. The number of rotatable bonds is 2. The Morgan fingerprint density at radius 2 is 1.79 bits per heavy atom. The van der Waals surface area contributed by atoms with Gasteiger partial charge in [-0.25, -0.2) is 4.79 Å². The fourth-order valence-corrected chi connectivity index (χ4v) is 2.20. The van der Waals surface area contributed by atoms with Crippen LogP contribution in [0.2, 0.25) is 0 Å². The third-order valence-electron chi connectivity index (χ3n) is 3.11. The Bertz CT molecular complexity index is 624. The minimum absolute atomic E-state index is 0.347. The molecule has 0 bridgehead atoms. The zero-order chi connectivity index (χ0) is 13.2. The van der Waals surface area contributed by atoms with Crippen molar-refractivity contribution in [2.45, 2.75) is 0 Å². The summed E-state index contributed by atoms with van der Waals surface area (Å²) in [6.45, 7) is 0.396. The summed E-state index contributed by atoms with van der Waals surface area (Å²) in [5.74, 6) is 0.474. The average Bonchev–Trinajstić information content (AvgIpc) is 2.90. The molecular weight excluding hydrogens is 242 g/mol. The number of nitrogens with zero attached hydrogens (tertiary/aromatic N) is 1. The van der Waals surface area contributed by atoms with Gasteiger partial charge in [-0.05, 0) is 24.3 Å². The molecule has 0 fully saturated rings. The zero-order valence-corrected chi connectivity index (χ0v) is 10.5. The van der Waals surface area contributed by atoms with Crippen LogP contribution < -0.4 is 9.64 Å². The minimum atomic E-state index is -0.347. The summed E-state index contributed by atoms with van der Waals surface area (Å²) in [6.07, 6.45) is 0. The van der Waals surface area contributed by atoms with Gasteiger partial charge in [0.1, 0.15) is 5.75 Å². The van der Waals surface area contributed by atoms with E-state index in [1.54, 1.807) is 6.07 Å². The molecule has 1 aliphatic heterocycles. The smallest absolute Gasteiger partial charge is 0.339 e. The van der Waals surface area contributed by atoms with Gasteiger partial charge < -0.3 is 14.4 Å². The van der Waals surface area contributed by atoms with Crippen molar-refractivity contribution in [1.82, 2.24) is 0 Å². The number of para-hydroxylation sites is 3. The second-order valence-electron chi connectivity index (χ2n) is 4.18. The number of fused-ring (bicyclic) bond motifs is 1. The first-order chi connectivity index (χ1) is 9.31. The standard InChI is InChI=1S/C15H13NO3/c1-18-15(17)11-6-2-3-7-12(11)16-10-19-14-9-5-4-8-13(14)16/h2-9H,10H2,1H3. The van der Waals surface area contributed by atoms with Crippen LogP contribution >= 0.6 is 0 Å². The fourth-order valence-electron chi connectivity index (χ4n) is 2.20. The van der Waals surface area contributed by atoms with E-state index >= 15 is 0 Å². The van der Waals surface area contributed by atoms with Crippen molar-refractivity contribution in [3.05, 3.63) is 54.1 Å². The molecule has 4 nitrogen and oxygen atoms in total. The molecule has 3 rings (SSSR count). The highest BCUT2D eigenvalue weighted by atomic mass is 16.5. The second kappa shape index (κ2) is 4.65. The van der Waals surface area contributed by atoms with Gasteiger partial charge in [-0.1, -0.05) is 24.3 Å². The SMILES string of the molecule is COC(=O)c1ccccc1N1COc2ccccc21. The lowest BCUT2D eigenvalue weighted by Crippen LogP contribution is -2.19. The van der Waals surface area contributed by atoms with Crippen LogP contribution in [0.3, 0.4) is 0 Å². The van der Waals surface area contributed by atoms with Gasteiger partial charge in [0.25, 0.3) is 0 Å².